The van der Waals surface area contributed by atoms with E-state index in [1.54, 1.807) is 0 Å². The molecule has 1 atom stereocenters. The highest BCUT2D eigenvalue weighted by molar-refractivity contribution is 8.55. The van der Waals surface area contributed by atoms with Crippen molar-refractivity contribution in [2.45, 2.75) is 39.4 Å². The van der Waals surface area contributed by atoms with Crippen LogP contribution in [0.25, 0.3) is 0 Å². The molecule has 1 unspecified atom stereocenters. The highest BCUT2D eigenvalue weighted by Crippen LogP contribution is 2.62. The lowest BCUT2D eigenvalue weighted by Crippen LogP contribution is -1.98. The fraction of sp³-hybridized carbons (Fsp3) is 1.00. The fourth-order valence-corrected chi connectivity index (χ4v) is 4.89. The van der Waals surface area contributed by atoms with Gasteiger partial charge < -0.3 is 9.05 Å². The largest absolute Gasteiger partial charge is 0.389 e. The minimum atomic E-state index is -2.88. The van der Waals surface area contributed by atoms with E-state index in [0.717, 1.165) is 6.42 Å². The molecule has 0 saturated carbocycles. The zero-order chi connectivity index (χ0) is 10.3. The van der Waals surface area contributed by atoms with Crippen LogP contribution in [0.2, 0.25) is 0 Å². The Morgan fingerprint density at radius 3 is 2.00 bits per heavy atom. The standard InChI is InChI=1S/C8H19O3PS/c1-5-8(4)13-12(9,10-6-2)11-7-3/h8H,5-7H2,1-4H3. The summed E-state index contributed by atoms with van der Waals surface area (Å²) >= 11 is 1.31. The average molecular weight is 226 g/mol. The van der Waals surface area contributed by atoms with Gasteiger partial charge in [-0.25, -0.2) is 4.57 Å². The zero-order valence-electron chi connectivity index (χ0n) is 8.78. The zero-order valence-corrected chi connectivity index (χ0v) is 10.5. The summed E-state index contributed by atoms with van der Waals surface area (Å²) in [6, 6.07) is 0. The topological polar surface area (TPSA) is 35.5 Å². The Morgan fingerprint density at radius 1 is 1.23 bits per heavy atom. The molecule has 0 fully saturated rings. The van der Waals surface area contributed by atoms with Crippen molar-refractivity contribution in [3.8, 4) is 0 Å². The summed E-state index contributed by atoms with van der Waals surface area (Å²) < 4.78 is 22.2. The minimum Gasteiger partial charge on any atom is -0.301 e. The molecule has 0 aromatic rings. The Morgan fingerprint density at radius 2 is 1.69 bits per heavy atom. The van der Waals surface area contributed by atoms with E-state index in [4.69, 9.17) is 9.05 Å². The van der Waals surface area contributed by atoms with E-state index in [2.05, 4.69) is 6.92 Å². The minimum absolute atomic E-state index is 0.309. The lowest BCUT2D eigenvalue weighted by Gasteiger charge is -2.18. The Bertz CT molecular complexity index is 165. The number of hydrogen-bond acceptors (Lipinski definition) is 4. The molecule has 0 aliphatic rings. The molecule has 80 valence electrons. The molecule has 0 radical (unpaired) electrons. The van der Waals surface area contributed by atoms with Gasteiger partial charge in [-0.3, -0.25) is 0 Å². The molecule has 0 amide bonds. The van der Waals surface area contributed by atoms with Gasteiger partial charge in [-0.1, -0.05) is 13.8 Å². The van der Waals surface area contributed by atoms with Crippen molar-refractivity contribution in [2.24, 2.45) is 0 Å². The first kappa shape index (κ1) is 13.5. The first-order chi connectivity index (χ1) is 6.08. The van der Waals surface area contributed by atoms with Crippen LogP contribution in [0.1, 0.15) is 34.1 Å². The molecule has 0 saturated heterocycles. The van der Waals surface area contributed by atoms with Gasteiger partial charge in [0.25, 0.3) is 0 Å². The second-order valence-corrected chi connectivity index (χ2v) is 7.01. The van der Waals surface area contributed by atoms with E-state index < -0.39 is 6.80 Å². The Balaban J connectivity index is 4.14. The molecule has 0 N–H and O–H groups in total. The summed E-state index contributed by atoms with van der Waals surface area (Å²) in [4.78, 5) is 0. The maximum absolute atomic E-state index is 11.9. The van der Waals surface area contributed by atoms with Crippen LogP contribution in [0.5, 0.6) is 0 Å². The molecular weight excluding hydrogens is 207 g/mol. The van der Waals surface area contributed by atoms with E-state index in [0.29, 0.717) is 18.5 Å². The van der Waals surface area contributed by atoms with Gasteiger partial charge in [-0.15, -0.1) is 0 Å². The van der Waals surface area contributed by atoms with Gasteiger partial charge in [0.05, 0.1) is 13.2 Å². The second-order valence-electron chi connectivity index (χ2n) is 2.61. The van der Waals surface area contributed by atoms with Gasteiger partial charge in [0, 0.05) is 5.25 Å². The first-order valence-corrected chi connectivity index (χ1v) is 7.68. The smallest absolute Gasteiger partial charge is 0.301 e. The van der Waals surface area contributed by atoms with E-state index in [-0.39, 0.29) is 0 Å². The molecule has 0 aliphatic heterocycles. The SMILES string of the molecule is CCOP(=O)(OCC)SC(C)CC. The van der Waals surface area contributed by atoms with Crippen LogP contribution >= 0.6 is 18.2 Å². The second kappa shape index (κ2) is 6.88. The van der Waals surface area contributed by atoms with Crippen LogP contribution < -0.4 is 0 Å². The van der Waals surface area contributed by atoms with Gasteiger partial charge in [0.15, 0.2) is 0 Å². The summed E-state index contributed by atoms with van der Waals surface area (Å²) in [6.45, 7) is 5.71. The van der Waals surface area contributed by atoms with Crippen molar-refractivity contribution < 1.29 is 13.6 Å². The van der Waals surface area contributed by atoms with E-state index in [1.165, 1.54) is 11.4 Å². The van der Waals surface area contributed by atoms with Crippen molar-refractivity contribution >= 4 is 18.2 Å². The van der Waals surface area contributed by atoms with E-state index in [1.807, 2.05) is 20.8 Å². The average Bonchev–Trinajstić information content (AvgIpc) is 2.04. The lowest BCUT2D eigenvalue weighted by molar-refractivity contribution is 0.236. The van der Waals surface area contributed by atoms with Gasteiger partial charge in [-0.05, 0) is 31.7 Å². The van der Waals surface area contributed by atoms with Crippen molar-refractivity contribution in [1.82, 2.24) is 0 Å². The van der Waals surface area contributed by atoms with Crippen molar-refractivity contribution in [1.29, 1.82) is 0 Å². The maximum Gasteiger partial charge on any atom is 0.389 e. The molecule has 0 rings (SSSR count). The molecule has 13 heavy (non-hydrogen) atoms. The van der Waals surface area contributed by atoms with Crippen LogP contribution in [-0.4, -0.2) is 18.5 Å². The summed E-state index contributed by atoms with van der Waals surface area (Å²) in [5, 5.41) is 0.309. The van der Waals surface area contributed by atoms with Crippen molar-refractivity contribution in [3.63, 3.8) is 0 Å². The van der Waals surface area contributed by atoms with Gasteiger partial charge in [0.1, 0.15) is 0 Å². The van der Waals surface area contributed by atoms with Gasteiger partial charge in [0.2, 0.25) is 0 Å². The van der Waals surface area contributed by atoms with Crippen molar-refractivity contribution in [3.05, 3.63) is 0 Å². The fourth-order valence-electron chi connectivity index (χ4n) is 0.709. The molecule has 0 aliphatic carbocycles. The van der Waals surface area contributed by atoms with Gasteiger partial charge in [-0.2, -0.15) is 0 Å². The van der Waals surface area contributed by atoms with Crippen LogP contribution in [0.3, 0.4) is 0 Å². The summed E-state index contributed by atoms with van der Waals surface area (Å²) in [5.41, 5.74) is 0. The molecule has 0 aromatic carbocycles. The lowest BCUT2D eigenvalue weighted by atomic mass is 10.4. The molecule has 0 spiro atoms. The number of rotatable bonds is 7. The third-order valence-electron chi connectivity index (χ3n) is 1.46. The van der Waals surface area contributed by atoms with Crippen LogP contribution in [-0.2, 0) is 13.6 Å². The molecule has 0 aromatic heterocycles. The van der Waals surface area contributed by atoms with E-state index in [9.17, 15) is 4.57 Å². The Kier molecular flexibility index (Phi) is 7.15. The maximum atomic E-state index is 11.9. The van der Waals surface area contributed by atoms with Crippen molar-refractivity contribution in [2.75, 3.05) is 13.2 Å². The molecule has 5 heteroatoms. The predicted octanol–water partition coefficient (Wildman–Crippen LogP) is 3.70. The quantitative estimate of drug-likeness (QED) is 0.620. The van der Waals surface area contributed by atoms with Crippen LogP contribution in [0.4, 0.5) is 0 Å². The van der Waals surface area contributed by atoms with E-state index >= 15 is 0 Å². The molecule has 0 bridgehead atoms. The highest BCUT2D eigenvalue weighted by atomic mass is 32.7. The molecular formula is C8H19O3PS. The Labute approximate surface area is 84.9 Å². The monoisotopic (exact) mass is 226 g/mol. The summed E-state index contributed by atoms with van der Waals surface area (Å²) in [6.07, 6.45) is 0.967. The third kappa shape index (κ3) is 5.74. The normalized spacial score (nSPS) is 14.5. The Hall–Kier alpha value is 0.500. The van der Waals surface area contributed by atoms with Gasteiger partial charge >= 0.3 is 6.80 Å². The predicted molar refractivity (Wildman–Crippen MR) is 58.2 cm³/mol. The highest BCUT2D eigenvalue weighted by Gasteiger charge is 2.26. The number of hydrogen-bond donors (Lipinski definition) is 0. The third-order valence-corrected chi connectivity index (χ3v) is 6.05. The molecule has 3 nitrogen and oxygen atoms in total. The van der Waals surface area contributed by atoms with Crippen LogP contribution in [0, 0.1) is 0 Å². The summed E-state index contributed by atoms with van der Waals surface area (Å²) in [5.74, 6) is 0. The van der Waals surface area contributed by atoms with Crippen LogP contribution in [0.15, 0.2) is 0 Å². The first-order valence-electron chi connectivity index (χ1n) is 4.65. The summed E-state index contributed by atoms with van der Waals surface area (Å²) in [7, 11) is 0. The molecule has 0 heterocycles.